The molecular formula is C16H19N3O3. The molecule has 2 aromatic heterocycles. The maximum absolute atomic E-state index is 12.6. The van der Waals surface area contributed by atoms with E-state index in [4.69, 9.17) is 4.74 Å². The first kappa shape index (κ1) is 15.8. The first-order valence-electron chi connectivity index (χ1n) is 6.87. The zero-order valence-electron chi connectivity index (χ0n) is 13.1. The van der Waals surface area contributed by atoms with E-state index >= 15 is 0 Å². The van der Waals surface area contributed by atoms with Gasteiger partial charge in [-0.15, -0.1) is 0 Å². The minimum atomic E-state index is -0.444. The second kappa shape index (κ2) is 6.43. The molecule has 2 heterocycles. The Morgan fingerprint density at radius 3 is 2.68 bits per heavy atom. The molecule has 6 heteroatoms. The number of methoxy groups -OCH3 is 1. The van der Waals surface area contributed by atoms with Gasteiger partial charge in [0.2, 0.25) is 0 Å². The molecule has 22 heavy (non-hydrogen) atoms. The van der Waals surface area contributed by atoms with Crippen molar-refractivity contribution in [3.8, 4) is 0 Å². The van der Waals surface area contributed by atoms with Gasteiger partial charge in [-0.25, -0.2) is 4.79 Å². The zero-order valence-corrected chi connectivity index (χ0v) is 13.1. The smallest absolute Gasteiger partial charge is 0.339 e. The summed E-state index contributed by atoms with van der Waals surface area (Å²) in [5.41, 5.74) is 2.99. The van der Waals surface area contributed by atoms with Gasteiger partial charge in [0.05, 0.1) is 12.7 Å². The molecule has 116 valence electrons. The van der Waals surface area contributed by atoms with Gasteiger partial charge in [-0.3, -0.25) is 9.78 Å². The number of nitrogens with zero attached hydrogens (tertiary/aromatic N) is 2. The Hall–Kier alpha value is -2.63. The maximum atomic E-state index is 12.6. The number of pyridine rings is 1. The van der Waals surface area contributed by atoms with E-state index in [-0.39, 0.29) is 5.91 Å². The molecule has 0 aliphatic carbocycles. The summed E-state index contributed by atoms with van der Waals surface area (Å²) in [5.74, 6) is -0.625. The van der Waals surface area contributed by atoms with Crippen LogP contribution in [0.1, 0.15) is 37.7 Å². The van der Waals surface area contributed by atoms with E-state index in [1.165, 1.54) is 7.11 Å². The van der Waals surface area contributed by atoms with Crippen molar-refractivity contribution in [2.45, 2.75) is 20.4 Å². The molecular weight excluding hydrogens is 282 g/mol. The lowest BCUT2D eigenvalue weighted by molar-refractivity contribution is 0.0599. The van der Waals surface area contributed by atoms with Gasteiger partial charge in [-0.2, -0.15) is 0 Å². The average molecular weight is 301 g/mol. The highest BCUT2D eigenvalue weighted by Gasteiger charge is 2.24. The molecule has 0 spiro atoms. The number of H-pyrrole nitrogens is 1. The third-order valence-electron chi connectivity index (χ3n) is 3.53. The van der Waals surface area contributed by atoms with Crippen molar-refractivity contribution in [2.24, 2.45) is 0 Å². The van der Waals surface area contributed by atoms with Crippen molar-refractivity contribution in [1.29, 1.82) is 0 Å². The van der Waals surface area contributed by atoms with Crippen molar-refractivity contribution < 1.29 is 14.3 Å². The number of hydrogen-bond donors (Lipinski definition) is 1. The number of aromatic amines is 1. The number of rotatable bonds is 4. The number of amides is 1. The van der Waals surface area contributed by atoms with Gasteiger partial charge in [0.15, 0.2) is 0 Å². The largest absolute Gasteiger partial charge is 0.465 e. The number of hydrogen-bond acceptors (Lipinski definition) is 4. The Bertz CT molecular complexity index is 692. The monoisotopic (exact) mass is 301 g/mol. The van der Waals surface area contributed by atoms with E-state index in [0.717, 1.165) is 5.56 Å². The Balaban J connectivity index is 2.24. The van der Waals surface area contributed by atoms with Crippen molar-refractivity contribution in [3.63, 3.8) is 0 Å². The van der Waals surface area contributed by atoms with Crippen LogP contribution in [0.4, 0.5) is 0 Å². The molecule has 1 N–H and O–H groups in total. The predicted octanol–water partition coefficient (Wildman–Crippen LogP) is 2.09. The molecule has 0 unspecified atom stereocenters. The Morgan fingerprint density at radius 2 is 2.09 bits per heavy atom. The van der Waals surface area contributed by atoms with Crippen LogP contribution in [-0.4, -0.2) is 40.9 Å². The van der Waals surface area contributed by atoms with Crippen molar-refractivity contribution in [2.75, 3.05) is 14.2 Å². The van der Waals surface area contributed by atoms with E-state index in [1.807, 2.05) is 12.1 Å². The number of aryl methyl sites for hydroxylation is 1. The van der Waals surface area contributed by atoms with Gasteiger partial charge in [-0.05, 0) is 31.0 Å². The zero-order chi connectivity index (χ0) is 16.3. The van der Waals surface area contributed by atoms with Crippen molar-refractivity contribution >= 4 is 11.9 Å². The van der Waals surface area contributed by atoms with E-state index in [1.54, 1.807) is 38.2 Å². The van der Waals surface area contributed by atoms with Crippen LogP contribution in [0.2, 0.25) is 0 Å². The first-order valence-corrected chi connectivity index (χ1v) is 6.87. The standard InChI is InChI=1S/C16H19N3O3/c1-10-13(16(21)22-4)11(2)18-14(10)15(20)19(3)9-12-6-5-7-17-8-12/h5-8,18H,9H2,1-4H3. The Morgan fingerprint density at radius 1 is 1.36 bits per heavy atom. The molecule has 1 amide bonds. The molecule has 0 radical (unpaired) electrons. The third kappa shape index (κ3) is 3.00. The molecule has 2 aromatic rings. The Kier molecular flexibility index (Phi) is 4.60. The van der Waals surface area contributed by atoms with E-state index in [9.17, 15) is 9.59 Å². The van der Waals surface area contributed by atoms with Crippen LogP contribution in [0.25, 0.3) is 0 Å². The molecule has 0 fully saturated rings. The number of carbonyl (C=O) groups excluding carboxylic acids is 2. The molecule has 0 bridgehead atoms. The fourth-order valence-corrected chi connectivity index (χ4v) is 2.40. The summed E-state index contributed by atoms with van der Waals surface area (Å²) in [6.07, 6.45) is 3.41. The predicted molar refractivity (Wildman–Crippen MR) is 81.6 cm³/mol. The fourth-order valence-electron chi connectivity index (χ4n) is 2.40. The van der Waals surface area contributed by atoms with Crippen molar-refractivity contribution in [3.05, 3.63) is 52.6 Å². The van der Waals surface area contributed by atoms with Gasteiger partial charge in [0.1, 0.15) is 5.69 Å². The van der Waals surface area contributed by atoms with Gasteiger partial charge in [0.25, 0.3) is 5.91 Å². The van der Waals surface area contributed by atoms with Gasteiger partial charge >= 0.3 is 5.97 Å². The number of carbonyl (C=O) groups is 2. The summed E-state index contributed by atoms with van der Waals surface area (Å²) in [7, 11) is 3.03. The van der Waals surface area contributed by atoms with Crippen LogP contribution in [0.5, 0.6) is 0 Å². The second-order valence-corrected chi connectivity index (χ2v) is 5.14. The molecule has 6 nitrogen and oxygen atoms in total. The topological polar surface area (TPSA) is 75.3 Å². The van der Waals surface area contributed by atoms with Crippen molar-refractivity contribution in [1.82, 2.24) is 14.9 Å². The fraction of sp³-hybridized carbons (Fsp3) is 0.312. The van der Waals surface area contributed by atoms with E-state index in [0.29, 0.717) is 29.1 Å². The minimum Gasteiger partial charge on any atom is -0.465 e. The molecule has 0 aliphatic heterocycles. The lowest BCUT2D eigenvalue weighted by atomic mass is 10.1. The summed E-state index contributed by atoms with van der Waals surface area (Å²) in [5, 5.41) is 0. The first-order chi connectivity index (χ1) is 10.5. The summed E-state index contributed by atoms with van der Waals surface area (Å²) >= 11 is 0. The number of ether oxygens (including phenoxy) is 1. The van der Waals surface area contributed by atoms with Gasteiger partial charge in [-0.1, -0.05) is 6.07 Å². The second-order valence-electron chi connectivity index (χ2n) is 5.14. The number of nitrogens with one attached hydrogen (secondary N) is 1. The third-order valence-corrected chi connectivity index (χ3v) is 3.53. The average Bonchev–Trinajstić information content (AvgIpc) is 2.81. The van der Waals surface area contributed by atoms with Crippen LogP contribution < -0.4 is 0 Å². The molecule has 2 rings (SSSR count). The van der Waals surface area contributed by atoms with Crippen LogP contribution in [0.15, 0.2) is 24.5 Å². The minimum absolute atomic E-state index is 0.181. The summed E-state index contributed by atoms with van der Waals surface area (Å²) < 4.78 is 4.76. The molecule has 0 atom stereocenters. The van der Waals surface area contributed by atoms with E-state index < -0.39 is 5.97 Å². The Labute approximate surface area is 129 Å². The lowest BCUT2D eigenvalue weighted by Gasteiger charge is -2.16. The highest BCUT2D eigenvalue weighted by Crippen LogP contribution is 2.20. The van der Waals surface area contributed by atoms with Gasteiger partial charge < -0.3 is 14.6 Å². The maximum Gasteiger partial charge on any atom is 0.339 e. The number of esters is 1. The SMILES string of the molecule is COC(=O)c1c(C)[nH]c(C(=O)N(C)Cc2cccnc2)c1C. The highest BCUT2D eigenvalue weighted by atomic mass is 16.5. The van der Waals surface area contributed by atoms with Crippen LogP contribution in [-0.2, 0) is 11.3 Å². The van der Waals surface area contributed by atoms with Gasteiger partial charge in [0, 0.05) is 31.7 Å². The van der Waals surface area contributed by atoms with Crippen LogP contribution in [0.3, 0.4) is 0 Å². The van der Waals surface area contributed by atoms with Crippen LogP contribution in [0, 0.1) is 13.8 Å². The molecule has 0 aliphatic rings. The summed E-state index contributed by atoms with van der Waals surface area (Å²) in [6, 6.07) is 3.73. The highest BCUT2D eigenvalue weighted by molar-refractivity contribution is 6.00. The molecule has 0 aromatic carbocycles. The van der Waals surface area contributed by atoms with E-state index in [2.05, 4.69) is 9.97 Å². The molecule has 0 saturated carbocycles. The molecule has 0 saturated heterocycles. The van der Waals surface area contributed by atoms with Crippen LogP contribution >= 0.6 is 0 Å². The quantitative estimate of drug-likeness (QED) is 0.877. The normalized spacial score (nSPS) is 10.4. The lowest BCUT2D eigenvalue weighted by Crippen LogP contribution is -2.27. The number of aromatic nitrogens is 2. The summed E-state index contributed by atoms with van der Waals surface area (Å²) in [4.78, 5) is 32.9. The summed E-state index contributed by atoms with van der Waals surface area (Å²) in [6.45, 7) is 3.93.